The lowest BCUT2D eigenvalue weighted by atomic mass is 10.0. The molecule has 1 spiro atoms. The zero-order chi connectivity index (χ0) is 21.8. The minimum atomic E-state index is -2.72. The van der Waals surface area contributed by atoms with E-state index in [1.807, 2.05) is 30.3 Å². The molecule has 28 heavy (non-hydrogen) atoms. The molecule has 1 aliphatic carbocycles. The van der Waals surface area contributed by atoms with Gasteiger partial charge in [0.15, 0.2) is 11.5 Å². The Hall–Kier alpha value is -3.02. The summed E-state index contributed by atoms with van der Waals surface area (Å²) < 4.78 is 33.5. The molecule has 2 aliphatic heterocycles. The summed E-state index contributed by atoms with van der Waals surface area (Å²) in [6.45, 7) is 0.723. The summed E-state index contributed by atoms with van der Waals surface area (Å²) in [5.41, 5.74) is 1.45. The number of nitrogens with zero attached hydrogens (tertiary/aromatic N) is 1. The first-order valence-corrected chi connectivity index (χ1v) is 9.39. The number of anilines is 1. The summed E-state index contributed by atoms with van der Waals surface area (Å²) in [7, 11) is -2.72. The van der Waals surface area contributed by atoms with Gasteiger partial charge >= 0.3 is 0 Å². The highest BCUT2D eigenvalue weighted by atomic mass is 16.5. The van der Waals surface area contributed by atoms with Crippen LogP contribution in [0, 0.1) is 5.41 Å². The molecule has 2 aromatic rings. The number of ether oxygens (including phenoxy) is 2. The number of carbonyl (C=O) groups excluding carboxylic acids is 2. The van der Waals surface area contributed by atoms with Crippen LogP contribution in [0.2, 0.25) is 0 Å². The van der Waals surface area contributed by atoms with Crippen LogP contribution >= 0.6 is 0 Å². The number of methoxy groups -OCH3 is 1. The number of amides is 2. The lowest BCUT2D eigenvalue weighted by Crippen LogP contribution is -2.40. The summed E-state index contributed by atoms with van der Waals surface area (Å²) in [4.78, 5) is 27.8. The molecule has 6 nitrogen and oxygen atoms in total. The van der Waals surface area contributed by atoms with Gasteiger partial charge in [0.1, 0.15) is 12.6 Å². The molecule has 0 bridgehead atoms. The fraction of sp³-hybridized carbons (Fsp3) is 0.364. The first-order valence-electron chi connectivity index (χ1n) is 10.9. The number of fused-ring (bicyclic) bond motifs is 2. The molecule has 2 heterocycles. The predicted octanol–water partition coefficient (Wildman–Crippen LogP) is 3.22. The predicted molar refractivity (Wildman–Crippen MR) is 104 cm³/mol. The van der Waals surface area contributed by atoms with Crippen LogP contribution < -0.4 is 14.8 Å². The number of nitrogens with one attached hydrogen (secondary N) is 1. The highest BCUT2D eigenvalue weighted by Crippen LogP contribution is 2.55. The fourth-order valence-electron chi connectivity index (χ4n) is 4.18. The first kappa shape index (κ1) is 14.0. The van der Waals surface area contributed by atoms with Gasteiger partial charge in [0.05, 0.1) is 22.4 Å². The van der Waals surface area contributed by atoms with E-state index in [0.29, 0.717) is 18.7 Å². The van der Waals surface area contributed by atoms with Gasteiger partial charge in [0.2, 0.25) is 5.91 Å². The van der Waals surface area contributed by atoms with Crippen LogP contribution in [0.25, 0.3) is 0 Å². The molecule has 1 N–H and O–H groups in total. The fourth-order valence-corrected chi connectivity index (χ4v) is 4.18. The highest BCUT2D eigenvalue weighted by Gasteiger charge is 2.56. The van der Waals surface area contributed by atoms with Gasteiger partial charge in [-0.05, 0) is 36.3 Å². The van der Waals surface area contributed by atoms with E-state index >= 15 is 0 Å². The third kappa shape index (κ3) is 2.80. The summed E-state index contributed by atoms with van der Waals surface area (Å²) >= 11 is 0. The van der Waals surface area contributed by atoms with E-state index < -0.39 is 13.1 Å². The summed E-state index contributed by atoms with van der Waals surface area (Å²) in [6.07, 6.45) is 2.70. The molecule has 2 fully saturated rings. The molecule has 2 amide bonds. The maximum atomic E-state index is 13.3. The minimum absolute atomic E-state index is 0.0592. The van der Waals surface area contributed by atoms with Gasteiger partial charge in [-0.25, -0.2) is 0 Å². The summed E-state index contributed by atoms with van der Waals surface area (Å²) in [6, 6.07) is 11.7. The minimum Gasteiger partial charge on any atom is -0.493 e. The van der Waals surface area contributed by atoms with Crippen LogP contribution in [0.5, 0.6) is 11.5 Å². The van der Waals surface area contributed by atoms with E-state index in [1.165, 1.54) is 12.1 Å². The lowest BCUT2D eigenvalue weighted by Gasteiger charge is -2.20. The van der Waals surface area contributed by atoms with E-state index in [-0.39, 0.29) is 40.9 Å². The number of rotatable bonds is 4. The van der Waals surface area contributed by atoms with Gasteiger partial charge in [-0.2, -0.15) is 0 Å². The molecule has 1 saturated carbocycles. The van der Waals surface area contributed by atoms with Crippen molar-refractivity contribution in [1.29, 1.82) is 0 Å². The molecule has 6 heteroatoms. The third-order valence-corrected chi connectivity index (χ3v) is 5.95. The molecular formula is C22H22N2O4. The molecular weight excluding hydrogens is 356 g/mol. The molecule has 0 radical (unpaired) electrons. The monoisotopic (exact) mass is 381 g/mol. The van der Waals surface area contributed by atoms with Crippen LogP contribution in [-0.2, 0) is 11.4 Å². The van der Waals surface area contributed by atoms with Gasteiger partial charge in [0, 0.05) is 12.6 Å². The Balaban J connectivity index is 1.50. The van der Waals surface area contributed by atoms with Crippen molar-refractivity contribution in [2.24, 2.45) is 5.41 Å². The van der Waals surface area contributed by atoms with E-state index in [4.69, 9.17) is 13.6 Å². The van der Waals surface area contributed by atoms with Gasteiger partial charge in [-0.15, -0.1) is 0 Å². The SMILES string of the molecule is [2H]C([2H])([2H])Oc1cc2c(cc1OCc1ccccc1)NC(=O)[C@@H]1CC3(CC3)CN1C2=O. The number of hydrogen-bond acceptors (Lipinski definition) is 4. The average Bonchev–Trinajstić information content (AvgIpc) is 3.37. The van der Waals surface area contributed by atoms with Crippen LogP contribution in [-0.4, -0.2) is 36.3 Å². The van der Waals surface area contributed by atoms with Crippen molar-refractivity contribution in [3.05, 3.63) is 53.6 Å². The molecule has 3 aliphatic rings. The van der Waals surface area contributed by atoms with Crippen molar-refractivity contribution in [2.75, 3.05) is 18.9 Å². The number of hydrogen-bond donors (Lipinski definition) is 1. The Bertz CT molecular complexity index is 1050. The first-order chi connectivity index (χ1) is 14.7. The quantitative estimate of drug-likeness (QED) is 0.883. The van der Waals surface area contributed by atoms with Crippen LogP contribution in [0.4, 0.5) is 5.69 Å². The third-order valence-electron chi connectivity index (χ3n) is 5.95. The molecule has 144 valence electrons. The van der Waals surface area contributed by atoms with Gasteiger partial charge < -0.3 is 19.7 Å². The second kappa shape index (κ2) is 6.26. The molecule has 2 aromatic carbocycles. The maximum Gasteiger partial charge on any atom is 0.256 e. The van der Waals surface area contributed by atoms with E-state index in [2.05, 4.69) is 5.32 Å². The Morgan fingerprint density at radius 1 is 1.21 bits per heavy atom. The maximum absolute atomic E-state index is 13.3. The zero-order valence-corrected chi connectivity index (χ0v) is 15.2. The standard InChI is InChI=1S/C22H22N2O4/c1-27-18-9-15-16(10-19(18)28-12-14-5-3-2-4-6-14)23-20(25)17-11-22(7-8-22)13-24(17)21(15)26/h2-6,9-10,17H,7-8,11-13H2,1H3,(H,23,25)/t17-/m0/s1/i1D3. The second-order valence-corrected chi connectivity index (χ2v) is 7.86. The Labute approximate surface area is 167 Å². The Kier molecular flexibility index (Phi) is 3.14. The van der Waals surface area contributed by atoms with E-state index in [0.717, 1.165) is 18.4 Å². The molecule has 5 rings (SSSR count). The van der Waals surface area contributed by atoms with Gasteiger partial charge in [-0.1, -0.05) is 30.3 Å². The molecule has 0 unspecified atom stereocenters. The van der Waals surface area contributed by atoms with Crippen molar-refractivity contribution in [2.45, 2.75) is 31.9 Å². The summed E-state index contributed by atoms with van der Waals surface area (Å²) in [5, 5.41) is 2.84. The van der Waals surface area contributed by atoms with Crippen LogP contribution in [0.3, 0.4) is 0 Å². The van der Waals surface area contributed by atoms with Crippen molar-refractivity contribution in [3.63, 3.8) is 0 Å². The van der Waals surface area contributed by atoms with E-state index in [1.54, 1.807) is 4.90 Å². The normalized spacial score (nSPS) is 23.6. The Morgan fingerprint density at radius 2 is 2.04 bits per heavy atom. The smallest absolute Gasteiger partial charge is 0.256 e. The largest absolute Gasteiger partial charge is 0.493 e. The summed E-state index contributed by atoms with van der Waals surface area (Å²) in [5.74, 6) is -0.440. The second-order valence-electron chi connectivity index (χ2n) is 7.86. The van der Waals surface area contributed by atoms with Crippen molar-refractivity contribution < 1.29 is 23.2 Å². The molecule has 1 atom stereocenters. The van der Waals surface area contributed by atoms with Crippen molar-refractivity contribution in [3.8, 4) is 11.5 Å². The van der Waals surface area contributed by atoms with Crippen LogP contribution in [0.15, 0.2) is 42.5 Å². The highest BCUT2D eigenvalue weighted by molar-refractivity contribution is 6.10. The number of carbonyl (C=O) groups is 2. The molecule has 0 aromatic heterocycles. The number of benzene rings is 2. The van der Waals surface area contributed by atoms with Crippen molar-refractivity contribution >= 4 is 17.5 Å². The average molecular weight is 381 g/mol. The Morgan fingerprint density at radius 3 is 2.79 bits per heavy atom. The van der Waals surface area contributed by atoms with E-state index in [9.17, 15) is 9.59 Å². The van der Waals surface area contributed by atoms with Crippen LogP contribution in [0.1, 0.15) is 39.3 Å². The van der Waals surface area contributed by atoms with Gasteiger partial charge in [-0.3, -0.25) is 9.59 Å². The lowest BCUT2D eigenvalue weighted by molar-refractivity contribution is -0.119. The van der Waals surface area contributed by atoms with Gasteiger partial charge in [0.25, 0.3) is 5.91 Å². The van der Waals surface area contributed by atoms with Crippen molar-refractivity contribution in [1.82, 2.24) is 4.90 Å². The topological polar surface area (TPSA) is 67.9 Å². The molecule has 1 saturated heterocycles. The zero-order valence-electron chi connectivity index (χ0n) is 18.2.